The van der Waals surface area contributed by atoms with Gasteiger partial charge in [0.05, 0.1) is 17.9 Å². The van der Waals surface area contributed by atoms with Gasteiger partial charge in [-0.15, -0.1) is 0 Å². The second-order valence-corrected chi connectivity index (χ2v) is 9.22. The molecule has 0 saturated heterocycles. The molecule has 0 radical (unpaired) electrons. The van der Waals surface area contributed by atoms with E-state index in [1.54, 1.807) is 0 Å². The van der Waals surface area contributed by atoms with Crippen molar-refractivity contribution in [2.24, 2.45) is 17.8 Å². The van der Waals surface area contributed by atoms with E-state index in [9.17, 15) is 29.7 Å². The Hall–Kier alpha value is -3.25. The molecule has 4 rings (SSSR count). The van der Waals surface area contributed by atoms with E-state index < -0.39 is 23.4 Å². The minimum atomic E-state index is -1.07. The summed E-state index contributed by atoms with van der Waals surface area (Å²) >= 11 is 0. The molecule has 3 N–H and O–H groups in total. The highest BCUT2D eigenvalue weighted by atomic mass is 16.3. The SMILES string of the molecule is CC(=O)CC(=O)C1C(=O)C2=C(O)c3c(ccc(-c4ccc(C)cc4)c3O)CC2CC1CCO. The zero-order valence-corrected chi connectivity index (χ0v) is 18.8. The first-order valence-corrected chi connectivity index (χ1v) is 11.3. The van der Waals surface area contributed by atoms with Crippen LogP contribution in [0.2, 0.25) is 0 Å². The largest absolute Gasteiger partial charge is 0.507 e. The zero-order valence-electron chi connectivity index (χ0n) is 18.8. The number of hydrogen-bond acceptors (Lipinski definition) is 6. The molecule has 3 unspecified atom stereocenters. The molecule has 0 bridgehead atoms. The summed E-state index contributed by atoms with van der Waals surface area (Å²) in [5.41, 5.74) is 3.52. The maximum atomic E-state index is 13.5. The Kier molecular flexibility index (Phi) is 6.21. The van der Waals surface area contributed by atoms with E-state index >= 15 is 0 Å². The first kappa shape index (κ1) is 22.9. The predicted octanol–water partition coefficient (Wildman–Crippen LogP) is 3.94. The number of benzene rings is 2. The highest BCUT2D eigenvalue weighted by molar-refractivity contribution is 6.17. The van der Waals surface area contributed by atoms with E-state index in [4.69, 9.17) is 0 Å². The van der Waals surface area contributed by atoms with Gasteiger partial charge < -0.3 is 15.3 Å². The summed E-state index contributed by atoms with van der Waals surface area (Å²) in [4.78, 5) is 37.8. The van der Waals surface area contributed by atoms with Crippen LogP contribution in [0, 0.1) is 24.7 Å². The molecule has 1 fully saturated rings. The maximum absolute atomic E-state index is 13.5. The molecule has 0 amide bonds. The Morgan fingerprint density at radius 2 is 1.76 bits per heavy atom. The van der Waals surface area contributed by atoms with Crippen LogP contribution < -0.4 is 0 Å². The van der Waals surface area contributed by atoms with Crippen LogP contribution in [-0.4, -0.2) is 39.3 Å². The second-order valence-electron chi connectivity index (χ2n) is 9.22. The van der Waals surface area contributed by atoms with E-state index in [1.807, 2.05) is 43.3 Å². The Morgan fingerprint density at radius 1 is 1.06 bits per heavy atom. The lowest BCUT2D eigenvalue weighted by Crippen LogP contribution is -2.43. The van der Waals surface area contributed by atoms with Crippen molar-refractivity contribution in [3.63, 3.8) is 0 Å². The van der Waals surface area contributed by atoms with Crippen LogP contribution in [-0.2, 0) is 20.8 Å². The van der Waals surface area contributed by atoms with E-state index in [2.05, 4.69) is 0 Å². The van der Waals surface area contributed by atoms with Gasteiger partial charge in [0.25, 0.3) is 0 Å². The number of Topliss-reactive ketones (excluding diaryl/α,β-unsaturated/α-hetero) is 3. The monoisotopic (exact) mass is 448 g/mol. The summed E-state index contributed by atoms with van der Waals surface area (Å²) in [5, 5.41) is 31.8. The number of carbonyl (C=O) groups excluding carboxylic acids is 3. The number of aryl methyl sites for hydroxylation is 1. The molecule has 1 saturated carbocycles. The molecular weight excluding hydrogens is 420 g/mol. The minimum Gasteiger partial charge on any atom is -0.507 e. The van der Waals surface area contributed by atoms with Gasteiger partial charge in [0.1, 0.15) is 17.3 Å². The number of rotatable bonds is 6. The molecule has 2 aromatic carbocycles. The minimum absolute atomic E-state index is 0.100. The quantitative estimate of drug-likeness (QED) is 0.577. The molecule has 0 aliphatic heterocycles. The summed E-state index contributed by atoms with van der Waals surface area (Å²) in [5.74, 6) is -3.47. The third kappa shape index (κ3) is 4.11. The fraction of sp³-hybridized carbons (Fsp3) is 0.370. The highest BCUT2D eigenvalue weighted by Gasteiger charge is 2.47. The van der Waals surface area contributed by atoms with Crippen molar-refractivity contribution in [1.29, 1.82) is 0 Å². The topological polar surface area (TPSA) is 112 Å². The van der Waals surface area contributed by atoms with Gasteiger partial charge in [0.2, 0.25) is 0 Å². The number of aliphatic hydroxyl groups is 2. The van der Waals surface area contributed by atoms with Crippen LogP contribution in [0.4, 0.5) is 0 Å². The van der Waals surface area contributed by atoms with Gasteiger partial charge in [-0.3, -0.25) is 14.4 Å². The number of hydrogen-bond donors (Lipinski definition) is 3. The van der Waals surface area contributed by atoms with Crippen molar-refractivity contribution in [2.75, 3.05) is 6.61 Å². The third-order valence-corrected chi connectivity index (χ3v) is 6.87. The molecule has 0 aromatic heterocycles. The molecule has 33 heavy (non-hydrogen) atoms. The average molecular weight is 449 g/mol. The Morgan fingerprint density at radius 3 is 2.39 bits per heavy atom. The van der Waals surface area contributed by atoms with Crippen molar-refractivity contribution >= 4 is 23.1 Å². The summed E-state index contributed by atoms with van der Waals surface area (Å²) in [6, 6.07) is 11.3. The standard InChI is InChI=1S/C27H28O6/c1-14-3-5-16(6-4-14)20-8-7-17-12-19-13-18(9-10-28)22(21(30)11-15(2)29)26(32)24(19)27(33)23(17)25(20)31/h3-8,18-19,22,28,31,33H,9-13H2,1-2H3. The van der Waals surface area contributed by atoms with Gasteiger partial charge in [-0.05, 0) is 56.1 Å². The van der Waals surface area contributed by atoms with E-state index in [1.165, 1.54) is 6.92 Å². The Balaban J connectivity index is 1.80. The lowest BCUT2D eigenvalue weighted by atomic mass is 9.63. The summed E-state index contributed by atoms with van der Waals surface area (Å²) in [6.07, 6.45) is 0.809. The number of phenolic OH excluding ortho intramolecular Hbond substituents is 1. The molecule has 2 aliphatic carbocycles. The number of fused-ring (bicyclic) bond motifs is 2. The van der Waals surface area contributed by atoms with Crippen molar-refractivity contribution in [3.8, 4) is 16.9 Å². The summed E-state index contributed by atoms with van der Waals surface area (Å²) < 4.78 is 0. The molecular formula is C27H28O6. The van der Waals surface area contributed by atoms with E-state index in [0.29, 0.717) is 18.4 Å². The van der Waals surface area contributed by atoms with Crippen molar-refractivity contribution in [2.45, 2.75) is 39.5 Å². The van der Waals surface area contributed by atoms with Crippen LogP contribution in [0.15, 0.2) is 42.0 Å². The van der Waals surface area contributed by atoms with Crippen LogP contribution in [0.1, 0.15) is 42.9 Å². The Bertz CT molecular complexity index is 1160. The molecule has 6 heteroatoms. The van der Waals surface area contributed by atoms with Gasteiger partial charge in [-0.2, -0.15) is 0 Å². The van der Waals surface area contributed by atoms with Crippen LogP contribution in [0.5, 0.6) is 5.75 Å². The average Bonchev–Trinajstić information content (AvgIpc) is 2.74. The van der Waals surface area contributed by atoms with Gasteiger partial charge >= 0.3 is 0 Å². The highest BCUT2D eigenvalue weighted by Crippen LogP contribution is 2.49. The van der Waals surface area contributed by atoms with Crippen LogP contribution in [0.25, 0.3) is 16.9 Å². The third-order valence-electron chi connectivity index (χ3n) is 6.87. The maximum Gasteiger partial charge on any atom is 0.173 e. The molecule has 172 valence electrons. The number of phenols is 1. The number of aromatic hydroxyl groups is 1. The van der Waals surface area contributed by atoms with E-state index in [-0.39, 0.29) is 53.8 Å². The normalized spacial score (nSPS) is 22.0. The van der Waals surface area contributed by atoms with E-state index in [0.717, 1.165) is 16.7 Å². The molecule has 2 aromatic rings. The summed E-state index contributed by atoms with van der Waals surface area (Å²) in [7, 11) is 0. The lowest BCUT2D eigenvalue weighted by Gasteiger charge is -2.39. The second kappa shape index (κ2) is 8.94. The molecule has 6 nitrogen and oxygen atoms in total. The predicted molar refractivity (Wildman–Crippen MR) is 124 cm³/mol. The first-order valence-electron chi connectivity index (χ1n) is 11.3. The van der Waals surface area contributed by atoms with Crippen molar-refractivity contribution in [1.82, 2.24) is 0 Å². The van der Waals surface area contributed by atoms with Gasteiger partial charge in [0.15, 0.2) is 11.6 Å². The number of aliphatic hydroxyl groups excluding tert-OH is 2. The van der Waals surface area contributed by atoms with Gasteiger partial charge in [-0.25, -0.2) is 0 Å². The fourth-order valence-electron chi connectivity index (χ4n) is 5.35. The van der Waals surface area contributed by atoms with Crippen LogP contribution in [0.3, 0.4) is 0 Å². The fourth-order valence-corrected chi connectivity index (χ4v) is 5.35. The smallest absolute Gasteiger partial charge is 0.173 e. The molecule has 0 heterocycles. The van der Waals surface area contributed by atoms with Crippen LogP contribution >= 0.6 is 0 Å². The van der Waals surface area contributed by atoms with Crippen molar-refractivity contribution in [3.05, 3.63) is 58.7 Å². The van der Waals surface area contributed by atoms with Gasteiger partial charge in [-0.1, -0.05) is 42.0 Å². The summed E-state index contributed by atoms with van der Waals surface area (Å²) in [6.45, 7) is 3.10. The van der Waals surface area contributed by atoms with Gasteiger partial charge in [0, 0.05) is 17.7 Å². The number of allylic oxidation sites excluding steroid dienone is 1. The molecule has 0 spiro atoms. The zero-order chi connectivity index (χ0) is 23.9. The Labute approximate surface area is 192 Å². The number of carbonyl (C=O) groups is 3. The first-order chi connectivity index (χ1) is 15.7. The lowest BCUT2D eigenvalue weighted by molar-refractivity contribution is -0.137. The van der Waals surface area contributed by atoms with Crippen molar-refractivity contribution < 1.29 is 29.7 Å². The molecule has 2 aliphatic rings. The number of ketones is 3. The molecule has 3 atom stereocenters.